The molecule has 0 radical (unpaired) electrons. The summed E-state index contributed by atoms with van der Waals surface area (Å²) in [5, 5.41) is 5.29. The number of carbonyl (C=O) groups excluding carboxylic acids is 2. The highest BCUT2D eigenvalue weighted by Crippen LogP contribution is 1.99. The molecule has 1 rings (SSSR count). The Morgan fingerprint density at radius 2 is 2.11 bits per heavy atom. The quantitative estimate of drug-likeness (QED) is 0.778. The molecule has 0 bridgehead atoms. The molecule has 0 saturated heterocycles. The van der Waals surface area contributed by atoms with E-state index in [2.05, 4.69) is 15.6 Å². The van der Waals surface area contributed by atoms with Crippen molar-refractivity contribution in [2.24, 2.45) is 0 Å². The number of nitrogens with zero attached hydrogens (tertiary/aromatic N) is 1. The van der Waals surface area contributed by atoms with Crippen LogP contribution < -0.4 is 10.6 Å². The summed E-state index contributed by atoms with van der Waals surface area (Å²) in [6, 6.07) is 3.85. The van der Waals surface area contributed by atoms with Gasteiger partial charge in [-0.25, -0.2) is 0 Å². The number of aromatic nitrogens is 1. The molecule has 0 aromatic carbocycles. The van der Waals surface area contributed by atoms with Crippen LogP contribution in [0.4, 0.5) is 0 Å². The number of nitrogens with one attached hydrogen (secondary N) is 2. The first kappa shape index (κ1) is 14.2. The molecule has 18 heavy (non-hydrogen) atoms. The van der Waals surface area contributed by atoms with Crippen LogP contribution in [-0.4, -0.2) is 29.4 Å². The molecule has 1 aromatic heterocycles. The van der Waals surface area contributed by atoms with Crippen LogP contribution in [0.5, 0.6) is 0 Å². The van der Waals surface area contributed by atoms with Crippen molar-refractivity contribution >= 4 is 11.8 Å². The van der Waals surface area contributed by atoms with Gasteiger partial charge in [-0.2, -0.15) is 0 Å². The van der Waals surface area contributed by atoms with Crippen LogP contribution in [0.3, 0.4) is 0 Å². The SMILES string of the molecule is CC(C)NC(=O)CNC(=O)CCc1cccnc1. The molecule has 0 unspecified atom stereocenters. The van der Waals surface area contributed by atoms with Crippen molar-refractivity contribution in [3.05, 3.63) is 30.1 Å². The lowest BCUT2D eigenvalue weighted by Crippen LogP contribution is -2.39. The van der Waals surface area contributed by atoms with Gasteiger partial charge in [-0.15, -0.1) is 0 Å². The van der Waals surface area contributed by atoms with E-state index in [0.717, 1.165) is 5.56 Å². The maximum atomic E-state index is 11.5. The Hall–Kier alpha value is -1.91. The van der Waals surface area contributed by atoms with Gasteiger partial charge in [-0.05, 0) is 31.9 Å². The Morgan fingerprint density at radius 3 is 2.72 bits per heavy atom. The third-order valence-corrected chi connectivity index (χ3v) is 2.26. The monoisotopic (exact) mass is 249 g/mol. The second-order valence-corrected chi connectivity index (χ2v) is 4.36. The molecule has 1 heterocycles. The van der Waals surface area contributed by atoms with Crippen molar-refractivity contribution in [1.29, 1.82) is 0 Å². The molecule has 0 saturated carbocycles. The predicted molar refractivity (Wildman–Crippen MR) is 68.8 cm³/mol. The minimum Gasteiger partial charge on any atom is -0.352 e. The van der Waals surface area contributed by atoms with Gasteiger partial charge in [-0.1, -0.05) is 6.07 Å². The Balaban J connectivity index is 2.20. The van der Waals surface area contributed by atoms with Crippen LogP contribution >= 0.6 is 0 Å². The Morgan fingerprint density at radius 1 is 1.33 bits per heavy atom. The fourth-order valence-electron chi connectivity index (χ4n) is 1.44. The van der Waals surface area contributed by atoms with Gasteiger partial charge in [0.1, 0.15) is 0 Å². The molecule has 2 N–H and O–H groups in total. The first-order chi connectivity index (χ1) is 8.58. The molecule has 0 aliphatic carbocycles. The highest BCUT2D eigenvalue weighted by molar-refractivity contribution is 5.84. The number of amides is 2. The van der Waals surface area contributed by atoms with E-state index < -0.39 is 0 Å². The summed E-state index contributed by atoms with van der Waals surface area (Å²) in [4.78, 5) is 26.8. The maximum absolute atomic E-state index is 11.5. The first-order valence-corrected chi connectivity index (χ1v) is 6.03. The van der Waals surface area contributed by atoms with Gasteiger partial charge in [0.15, 0.2) is 0 Å². The molecule has 0 spiro atoms. The van der Waals surface area contributed by atoms with E-state index in [4.69, 9.17) is 0 Å². The molecule has 0 aliphatic heterocycles. The molecule has 1 aromatic rings. The van der Waals surface area contributed by atoms with E-state index in [1.807, 2.05) is 26.0 Å². The van der Waals surface area contributed by atoms with Gasteiger partial charge in [0, 0.05) is 24.9 Å². The van der Waals surface area contributed by atoms with Gasteiger partial charge in [-0.3, -0.25) is 14.6 Å². The summed E-state index contributed by atoms with van der Waals surface area (Å²) in [5.74, 6) is -0.294. The van der Waals surface area contributed by atoms with E-state index >= 15 is 0 Å². The molecular weight excluding hydrogens is 230 g/mol. The maximum Gasteiger partial charge on any atom is 0.239 e. The van der Waals surface area contributed by atoms with Crippen molar-refractivity contribution in [1.82, 2.24) is 15.6 Å². The third kappa shape index (κ3) is 5.98. The van der Waals surface area contributed by atoms with Crippen molar-refractivity contribution in [2.45, 2.75) is 32.7 Å². The molecule has 98 valence electrons. The highest BCUT2D eigenvalue weighted by Gasteiger charge is 2.06. The third-order valence-electron chi connectivity index (χ3n) is 2.26. The minimum absolute atomic E-state index is 0.0318. The van der Waals surface area contributed by atoms with Crippen LogP contribution in [0, 0.1) is 0 Å². The summed E-state index contributed by atoms with van der Waals surface area (Å²) < 4.78 is 0. The molecule has 5 nitrogen and oxygen atoms in total. The van der Waals surface area contributed by atoms with Crippen molar-refractivity contribution < 1.29 is 9.59 Å². The largest absolute Gasteiger partial charge is 0.352 e. The number of rotatable bonds is 6. The van der Waals surface area contributed by atoms with Crippen LogP contribution in [0.25, 0.3) is 0 Å². The predicted octanol–water partition coefficient (Wildman–Crippen LogP) is 0.655. The normalized spacial score (nSPS) is 10.2. The highest BCUT2D eigenvalue weighted by atomic mass is 16.2. The summed E-state index contributed by atoms with van der Waals surface area (Å²) in [5.41, 5.74) is 1.01. The van der Waals surface area contributed by atoms with Crippen molar-refractivity contribution in [2.75, 3.05) is 6.54 Å². The Bertz CT molecular complexity index is 390. The van der Waals surface area contributed by atoms with Gasteiger partial charge < -0.3 is 10.6 Å². The second kappa shape index (κ2) is 7.42. The molecule has 0 atom stereocenters. The fourth-order valence-corrected chi connectivity index (χ4v) is 1.44. The number of aryl methyl sites for hydroxylation is 1. The van der Waals surface area contributed by atoms with Gasteiger partial charge in [0.2, 0.25) is 11.8 Å². The molecule has 0 fully saturated rings. The van der Waals surface area contributed by atoms with Crippen molar-refractivity contribution in [3.63, 3.8) is 0 Å². The van der Waals surface area contributed by atoms with E-state index in [1.54, 1.807) is 12.4 Å². The molecule has 2 amide bonds. The summed E-state index contributed by atoms with van der Waals surface area (Å²) in [7, 11) is 0. The van der Waals surface area contributed by atoms with Gasteiger partial charge in [0.25, 0.3) is 0 Å². The number of hydrogen-bond acceptors (Lipinski definition) is 3. The zero-order valence-corrected chi connectivity index (χ0v) is 10.8. The fraction of sp³-hybridized carbons (Fsp3) is 0.462. The summed E-state index contributed by atoms with van der Waals surface area (Å²) in [6.45, 7) is 3.79. The lowest BCUT2D eigenvalue weighted by Gasteiger charge is -2.09. The standard InChI is InChI=1S/C13H19N3O2/c1-10(2)16-13(18)9-15-12(17)6-5-11-4-3-7-14-8-11/h3-4,7-8,10H,5-6,9H2,1-2H3,(H,15,17)(H,16,18). The topological polar surface area (TPSA) is 71.1 Å². The molecule has 0 aliphatic rings. The van der Waals surface area contributed by atoms with Crippen LogP contribution in [0.1, 0.15) is 25.8 Å². The second-order valence-electron chi connectivity index (χ2n) is 4.36. The van der Waals surface area contributed by atoms with Crippen LogP contribution in [-0.2, 0) is 16.0 Å². The minimum atomic E-state index is -0.167. The number of carbonyl (C=O) groups is 2. The van der Waals surface area contributed by atoms with Crippen LogP contribution in [0.2, 0.25) is 0 Å². The lowest BCUT2D eigenvalue weighted by molar-refractivity contribution is -0.126. The van der Waals surface area contributed by atoms with E-state index in [1.165, 1.54) is 0 Å². The molecule has 5 heteroatoms. The average molecular weight is 249 g/mol. The summed E-state index contributed by atoms with van der Waals surface area (Å²) >= 11 is 0. The van der Waals surface area contributed by atoms with E-state index in [-0.39, 0.29) is 24.4 Å². The zero-order chi connectivity index (χ0) is 13.4. The van der Waals surface area contributed by atoms with Gasteiger partial charge in [0.05, 0.1) is 6.54 Å². The summed E-state index contributed by atoms with van der Waals surface area (Å²) in [6.07, 6.45) is 4.42. The first-order valence-electron chi connectivity index (χ1n) is 6.03. The van der Waals surface area contributed by atoms with Gasteiger partial charge >= 0.3 is 0 Å². The van der Waals surface area contributed by atoms with Crippen molar-refractivity contribution in [3.8, 4) is 0 Å². The van der Waals surface area contributed by atoms with Crippen LogP contribution in [0.15, 0.2) is 24.5 Å². The number of pyridine rings is 1. The van der Waals surface area contributed by atoms with E-state index in [9.17, 15) is 9.59 Å². The smallest absolute Gasteiger partial charge is 0.239 e. The number of hydrogen-bond donors (Lipinski definition) is 2. The average Bonchev–Trinajstić information content (AvgIpc) is 2.34. The van der Waals surface area contributed by atoms with E-state index in [0.29, 0.717) is 12.8 Å². The lowest BCUT2D eigenvalue weighted by atomic mass is 10.1. The zero-order valence-electron chi connectivity index (χ0n) is 10.8. The molecular formula is C13H19N3O2. The Labute approximate surface area is 107 Å². The Kier molecular flexibility index (Phi) is 5.84.